The third kappa shape index (κ3) is 6.34. The van der Waals surface area contributed by atoms with Gasteiger partial charge in [-0.3, -0.25) is 28.9 Å². The minimum absolute atomic E-state index is 0.00252. The molecule has 4 heterocycles. The van der Waals surface area contributed by atoms with E-state index in [4.69, 9.17) is 11.6 Å². The Hall–Kier alpha value is -6.40. The zero-order chi connectivity index (χ0) is 37.5. The summed E-state index contributed by atoms with van der Waals surface area (Å²) >= 11 is 6.39. The third-order valence-electron chi connectivity index (χ3n) is 10.1. The van der Waals surface area contributed by atoms with E-state index in [1.165, 1.54) is 12.2 Å². The number of carbonyl (C=O) groups is 5. The highest BCUT2D eigenvalue weighted by Gasteiger charge is 2.36. The van der Waals surface area contributed by atoms with Crippen molar-refractivity contribution < 1.29 is 29.1 Å². The number of nitrogens with one attached hydrogen (secondary N) is 3. The number of phenols is 1. The van der Waals surface area contributed by atoms with Crippen LogP contribution in [0.3, 0.4) is 0 Å². The summed E-state index contributed by atoms with van der Waals surface area (Å²) in [6.45, 7) is 0.798. The van der Waals surface area contributed by atoms with Crippen molar-refractivity contribution in [3.8, 4) is 5.75 Å². The van der Waals surface area contributed by atoms with Crippen molar-refractivity contribution in [3.63, 3.8) is 0 Å². The zero-order valence-electron chi connectivity index (χ0n) is 29.0. The quantitative estimate of drug-likeness (QED) is 0.0740. The molecule has 0 radical (unpaired) electrons. The summed E-state index contributed by atoms with van der Waals surface area (Å²) in [5.74, 6) is -1.40. The van der Waals surface area contributed by atoms with Gasteiger partial charge in [-0.25, -0.2) is 0 Å². The number of anilines is 2. The molecule has 1 atom stereocenters. The van der Waals surface area contributed by atoms with Crippen LogP contribution in [0.25, 0.3) is 32.6 Å². The standard InChI is InChI=1S/C41H35ClN6O6/c42-23-27-21-30-28-7-2-3-8-29(28)36(49)22-34(30)48(27)41(54)32-19-25-18-26(10-11-31(25)45-32)44-40(53)35-20-24-6-1-4-9-33(24)46(35)16-5-15-43-37(50)14-17-47-38(51)12-13-39(47)52/h1-4,6-13,18-20,22,27,45,49H,5,14-17,21,23H2,(H,43,50)(H,44,53). The molecule has 1 unspecified atom stereocenters. The van der Waals surface area contributed by atoms with Crippen LogP contribution in [-0.2, 0) is 27.3 Å². The largest absolute Gasteiger partial charge is 0.507 e. The highest BCUT2D eigenvalue weighted by Crippen LogP contribution is 2.42. The van der Waals surface area contributed by atoms with E-state index in [0.29, 0.717) is 54.2 Å². The number of carbonyl (C=O) groups excluding carboxylic acids is 5. The maximum atomic E-state index is 14.1. The number of aryl methyl sites for hydroxylation is 1. The predicted octanol–water partition coefficient (Wildman–Crippen LogP) is 5.87. The monoisotopic (exact) mass is 742 g/mol. The fourth-order valence-electron chi connectivity index (χ4n) is 7.46. The molecule has 13 heteroatoms. The average molecular weight is 743 g/mol. The fraction of sp³-hybridized carbons (Fsp3) is 0.195. The van der Waals surface area contributed by atoms with E-state index in [-0.39, 0.29) is 48.4 Å². The number of rotatable bonds is 11. The van der Waals surface area contributed by atoms with Gasteiger partial charge in [0.25, 0.3) is 23.6 Å². The highest BCUT2D eigenvalue weighted by molar-refractivity contribution is 6.20. The Morgan fingerprint density at radius 1 is 0.870 bits per heavy atom. The minimum Gasteiger partial charge on any atom is -0.507 e. The van der Waals surface area contributed by atoms with Gasteiger partial charge < -0.3 is 30.2 Å². The van der Waals surface area contributed by atoms with Gasteiger partial charge in [0.15, 0.2) is 0 Å². The second-order valence-electron chi connectivity index (χ2n) is 13.4. The summed E-state index contributed by atoms with van der Waals surface area (Å²) < 4.78 is 1.91. The average Bonchev–Trinajstić information content (AvgIpc) is 3.95. The van der Waals surface area contributed by atoms with Gasteiger partial charge in [0.2, 0.25) is 5.91 Å². The summed E-state index contributed by atoms with van der Waals surface area (Å²) in [6.07, 6.45) is 3.48. The molecule has 54 heavy (non-hydrogen) atoms. The molecule has 12 nitrogen and oxygen atoms in total. The van der Waals surface area contributed by atoms with Crippen molar-refractivity contribution in [2.24, 2.45) is 0 Å². The van der Waals surface area contributed by atoms with E-state index in [1.54, 1.807) is 29.2 Å². The number of para-hydroxylation sites is 1. The zero-order valence-corrected chi connectivity index (χ0v) is 29.7. The molecule has 2 aromatic heterocycles. The molecular formula is C41H35ClN6O6. The lowest BCUT2D eigenvalue weighted by Crippen LogP contribution is -2.39. The van der Waals surface area contributed by atoms with Crippen LogP contribution in [0.2, 0.25) is 0 Å². The van der Waals surface area contributed by atoms with Gasteiger partial charge in [0, 0.05) is 83.0 Å². The number of nitrogens with zero attached hydrogens (tertiary/aromatic N) is 3. The molecule has 0 aliphatic carbocycles. The van der Waals surface area contributed by atoms with Gasteiger partial charge in [-0.2, -0.15) is 0 Å². The molecule has 2 aliphatic rings. The Labute approximate surface area is 314 Å². The number of amides is 5. The molecule has 6 aromatic rings. The maximum Gasteiger partial charge on any atom is 0.275 e. The first kappa shape index (κ1) is 34.7. The maximum absolute atomic E-state index is 14.1. The first-order chi connectivity index (χ1) is 26.2. The Bertz CT molecular complexity index is 2540. The number of fused-ring (bicyclic) bond motifs is 5. The molecule has 0 saturated heterocycles. The molecular weight excluding hydrogens is 708 g/mol. The number of alkyl halides is 1. The van der Waals surface area contributed by atoms with Gasteiger partial charge in [-0.1, -0.05) is 42.5 Å². The lowest BCUT2D eigenvalue weighted by Gasteiger charge is -2.23. The lowest BCUT2D eigenvalue weighted by atomic mass is 10.0. The van der Waals surface area contributed by atoms with E-state index < -0.39 is 11.8 Å². The summed E-state index contributed by atoms with van der Waals surface area (Å²) in [5, 5.41) is 19.9. The van der Waals surface area contributed by atoms with E-state index in [1.807, 2.05) is 65.2 Å². The van der Waals surface area contributed by atoms with Crippen LogP contribution in [0.5, 0.6) is 5.75 Å². The first-order valence-electron chi connectivity index (χ1n) is 17.7. The van der Waals surface area contributed by atoms with E-state index >= 15 is 0 Å². The number of H-pyrrole nitrogens is 1. The number of aromatic nitrogens is 2. The second-order valence-corrected chi connectivity index (χ2v) is 13.7. The van der Waals surface area contributed by atoms with Crippen molar-refractivity contribution in [3.05, 3.63) is 114 Å². The first-order valence-corrected chi connectivity index (χ1v) is 18.2. The molecule has 0 bridgehead atoms. The van der Waals surface area contributed by atoms with Crippen LogP contribution < -0.4 is 15.5 Å². The van der Waals surface area contributed by atoms with Gasteiger partial charge in [0.05, 0.1) is 11.7 Å². The molecule has 2 aliphatic heterocycles. The van der Waals surface area contributed by atoms with Crippen LogP contribution in [0.15, 0.2) is 97.1 Å². The number of hydrogen-bond acceptors (Lipinski definition) is 6. The summed E-state index contributed by atoms with van der Waals surface area (Å²) in [6, 6.07) is 25.5. The van der Waals surface area contributed by atoms with E-state index in [2.05, 4.69) is 15.6 Å². The van der Waals surface area contributed by atoms with Crippen LogP contribution in [0.4, 0.5) is 11.4 Å². The molecule has 5 amide bonds. The lowest BCUT2D eigenvalue weighted by molar-refractivity contribution is -0.137. The van der Waals surface area contributed by atoms with Crippen molar-refractivity contribution in [1.29, 1.82) is 0 Å². The minimum atomic E-state index is -0.424. The smallest absolute Gasteiger partial charge is 0.275 e. The number of aromatic hydroxyl groups is 1. The van der Waals surface area contributed by atoms with Crippen LogP contribution in [0, 0.1) is 0 Å². The SMILES string of the molecule is O=C(CCN1C(=O)C=CC1=O)NCCCn1c(C(=O)Nc2ccc3[nH]c(C(=O)N4c5cc(O)c6ccccc6c5CC4CCl)cc3c2)cc2ccccc21. The summed E-state index contributed by atoms with van der Waals surface area (Å²) in [4.78, 5) is 69.6. The number of benzene rings is 4. The molecule has 272 valence electrons. The van der Waals surface area contributed by atoms with Gasteiger partial charge in [0.1, 0.15) is 17.1 Å². The van der Waals surface area contributed by atoms with Gasteiger partial charge in [-0.05, 0) is 60.2 Å². The van der Waals surface area contributed by atoms with Crippen molar-refractivity contribution in [1.82, 2.24) is 19.8 Å². The third-order valence-corrected chi connectivity index (χ3v) is 10.4. The Balaban J connectivity index is 0.961. The molecule has 0 saturated carbocycles. The number of hydrogen-bond donors (Lipinski definition) is 4. The Morgan fingerprint density at radius 2 is 1.63 bits per heavy atom. The van der Waals surface area contributed by atoms with Gasteiger partial charge >= 0.3 is 0 Å². The summed E-state index contributed by atoms with van der Waals surface area (Å²) in [5.41, 5.74) is 4.53. The van der Waals surface area contributed by atoms with Crippen molar-refractivity contribution in [2.75, 3.05) is 29.2 Å². The highest BCUT2D eigenvalue weighted by atomic mass is 35.5. The number of phenolic OH excluding ortho intramolecular Hbond substituents is 1. The number of halogens is 1. The normalized spacial score (nSPS) is 15.2. The Kier molecular flexibility index (Phi) is 9.12. The number of aromatic amines is 1. The van der Waals surface area contributed by atoms with Crippen LogP contribution >= 0.6 is 11.6 Å². The molecule has 8 rings (SSSR count). The number of imide groups is 1. The molecule has 0 fully saturated rings. The van der Waals surface area contributed by atoms with Crippen molar-refractivity contribution >= 4 is 85.1 Å². The fourth-order valence-corrected chi connectivity index (χ4v) is 7.71. The summed E-state index contributed by atoms with van der Waals surface area (Å²) in [7, 11) is 0. The molecule has 4 aromatic carbocycles. The predicted molar refractivity (Wildman–Crippen MR) is 207 cm³/mol. The van der Waals surface area contributed by atoms with Crippen LogP contribution in [-0.4, -0.2) is 74.1 Å². The topological polar surface area (TPSA) is 157 Å². The van der Waals surface area contributed by atoms with Crippen molar-refractivity contribution in [2.45, 2.75) is 31.8 Å². The van der Waals surface area contributed by atoms with Gasteiger partial charge in [-0.15, -0.1) is 11.6 Å². The molecule has 4 N–H and O–H groups in total. The molecule has 0 spiro atoms. The van der Waals surface area contributed by atoms with Crippen LogP contribution in [0.1, 0.15) is 39.4 Å². The van der Waals surface area contributed by atoms with E-state index in [9.17, 15) is 29.1 Å². The Morgan fingerprint density at radius 3 is 2.43 bits per heavy atom. The second kappa shape index (κ2) is 14.2. The van der Waals surface area contributed by atoms with E-state index in [0.717, 1.165) is 37.5 Å².